The average Bonchev–Trinajstić information content (AvgIpc) is 3.20. The van der Waals surface area contributed by atoms with E-state index in [1.54, 1.807) is 6.33 Å². The Hall–Kier alpha value is -0.970. The summed E-state index contributed by atoms with van der Waals surface area (Å²) in [5.41, 5.74) is 1.23. The lowest BCUT2D eigenvalue weighted by atomic mass is 10.1. The van der Waals surface area contributed by atoms with Gasteiger partial charge in [0.25, 0.3) is 0 Å². The van der Waals surface area contributed by atoms with Crippen LogP contribution in [0.2, 0.25) is 0 Å². The van der Waals surface area contributed by atoms with Gasteiger partial charge in [0.2, 0.25) is 0 Å². The summed E-state index contributed by atoms with van der Waals surface area (Å²) in [5, 5.41) is 6.87. The number of nitrogens with zero attached hydrogens (tertiary/aromatic N) is 2. The lowest BCUT2D eigenvalue weighted by Crippen LogP contribution is -2.19. The van der Waals surface area contributed by atoms with E-state index in [1.807, 2.05) is 11.8 Å². The number of rotatable bonds is 8. The van der Waals surface area contributed by atoms with Crippen LogP contribution in [0.3, 0.4) is 0 Å². The maximum absolute atomic E-state index is 4.43. The first-order chi connectivity index (χ1) is 9.24. The molecular weight excluding hydrogens is 256 g/mol. The van der Waals surface area contributed by atoms with Gasteiger partial charge in [0, 0.05) is 23.4 Å². The molecule has 1 heterocycles. The second-order valence-electron chi connectivity index (χ2n) is 5.07. The van der Waals surface area contributed by atoms with Crippen LogP contribution in [-0.2, 0) is 6.42 Å². The zero-order valence-corrected chi connectivity index (χ0v) is 12.9. The van der Waals surface area contributed by atoms with Gasteiger partial charge in [-0.2, -0.15) is 11.8 Å². The Morgan fingerprint density at radius 2 is 1.89 bits per heavy atom. The van der Waals surface area contributed by atoms with E-state index in [4.69, 9.17) is 0 Å². The van der Waals surface area contributed by atoms with Gasteiger partial charge in [-0.05, 0) is 32.4 Å². The molecule has 1 aromatic rings. The summed E-state index contributed by atoms with van der Waals surface area (Å²) in [5.74, 6) is 1.99. The Kier molecular flexibility index (Phi) is 4.91. The van der Waals surface area contributed by atoms with E-state index in [9.17, 15) is 0 Å². The van der Waals surface area contributed by atoms with Gasteiger partial charge in [0.1, 0.15) is 18.0 Å². The van der Waals surface area contributed by atoms with Gasteiger partial charge < -0.3 is 10.6 Å². The van der Waals surface area contributed by atoms with Crippen molar-refractivity contribution < 1.29 is 0 Å². The highest BCUT2D eigenvalue weighted by molar-refractivity contribution is 8.00. The minimum atomic E-state index is 0.451. The number of thioether (sulfide) groups is 1. The Morgan fingerprint density at radius 1 is 1.21 bits per heavy atom. The molecule has 0 radical (unpaired) electrons. The van der Waals surface area contributed by atoms with Crippen molar-refractivity contribution in [2.75, 3.05) is 30.0 Å². The van der Waals surface area contributed by atoms with Crippen LogP contribution in [0.4, 0.5) is 11.6 Å². The van der Waals surface area contributed by atoms with Crippen molar-refractivity contribution >= 4 is 23.4 Å². The molecule has 1 aliphatic rings. The highest BCUT2D eigenvalue weighted by atomic mass is 32.2. The molecule has 0 bridgehead atoms. The second kappa shape index (κ2) is 6.46. The first-order valence-corrected chi connectivity index (χ1v) is 8.34. The zero-order valence-electron chi connectivity index (χ0n) is 12.1. The largest absolute Gasteiger partial charge is 0.370 e. The first kappa shape index (κ1) is 14.4. The lowest BCUT2D eigenvalue weighted by molar-refractivity contribution is 0.882. The van der Waals surface area contributed by atoms with E-state index in [1.165, 1.54) is 18.4 Å². The van der Waals surface area contributed by atoms with Crippen LogP contribution < -0.4 is 10.6 Å². The van der Waals surface area contributed by atoms with Crippen molar-refractivity contribution in [2.24, 2.45) is 0 Å². The molecule has 2 rings (SSSR count). The van der Waals surface area contributed by atoms with Crippen molar-refractivity contribution in [3.8, 4) is 0 Å². The molecule has 0 aromatic carbocycles. The third kappa shape index (κ3) is 3.53. The summed E-state index contributed by atoms with van der Waals surface area (Å²) in [7, 11) is 0. The van der Waals surface area contributed by atoms with E-state index in [0.717, 1.165) is 37.6 Å². The van der Waals surface area contributed by atoms with E-state index < -0.39 is 0 Å². The Morgan fingerprint density at radius 3 is 2.42 bits per heavy atom. The van der Waals surface area contributed by atoms with Gasteiger partial charge in [-0.1, -0.05) is 13.3 Å². The third-order valence-corrected chi connectivity index (χ3v) is 5.03. The van der Waals surface area contributed by atoms with Crippen molar-refractivity contribution in [1.29, 1.82) is 0 Å². The average molecular weight is 280 g/mol. The molecule has 4 nitrogen and oxygen atoms in total. The van der Waals surface area contributed by atoms with Crippen LogP contribution in [0.5, 0.6) is 0 Å². The topological polar surface area (TPSA) is 49.8 Å². The van der Waals surface area contributed by atoms with E-state index in [-0.39, 0.29) is 0 Å². The fourth-order valence-electron chi connectivity index (χ4n) is 2.21. The molecule has 1 aromatic heterocycles. The van der Waals surface area contributed by atoms with E-state index in [0.29, 0.717) is 4.75 Å². The monoisotopic (exact) mass is 280 g/mol. The summed E-state index contributed by atoms with van der Waals surface area (Å²) >= 11 is 1.97. The molecule has 1 saturated carbocycles. The SMILES string of the molecule is CCCc1c(NCC)ncnc1NCC1(SC)CC1. The lowest BCUT2D eigenvalue weighted by Gasteiger charge is -2.17. The molecule has 2 N–H and O–H groups in total. The van der Waals surface area contributed by atoms with Gasteiger partial charge in [-0.3, -0.25) is 0 Å². The molecule has 0 saturated heterocycles. The molecule has 0 atom stereocenters. The van der Waals surface area contributed by atoms with Crippen molar-refractivity contribution in [2.45, 2.75) is 44.3 Å². The standard InChI is InChI=1S/C14H24N4S/c1-4-6-11-12(15-5-2)17-10-18-13(11)16-9-14(19-3)7-8-14/h10H,4-9H2,1-3H3,(H2,15,16,17,18). The van der Waals surface area contributed by atoms with Crippen LogP contribution in [0.15, 0.2) is 6.33 Å². The van der Waals surface area contributed by atoms with Crippen LogP contribution in [-0.4, -0.2) is 34.1 Å². The summed E-state index contributed by atoms with van der Waals surface area (Å²) in [6.07, 6.45) is 8.60. The van der Waals surface area contributed by atoms with Gasteiger partial charge in [-0.25, -0.2) is 9.97 Å². The fourth-order valence-corrected chi connectivity index (χ4v) is 2.94. The van der Waals surface area contributed by atoms with Crippen LogP contribution in [0.25, 0.3) is 0 Å². The van der Waals surface area contributed by atoms with E-state index >= 15 is 0 Å². The Bertz CT molecular complexity index is 418. The van der Waals surface area contributed by atoms with Crippen LogP contribution in [0.1, 0.15) is 38.7 Å². The number of hydrogen-bond acceptors (Lipinski definition) is 5. The van der Waals surface area contributed by atoms with Gasteiger partial charge in [0.15, 0.2) is 0 Å². The second-order valence-corrected chi connectivity index (χ2v) is 6.34. The number of nitrogens with one attached hydrogen (secondary N) is 2. The van der Waals surface area contributed by atoms with Gasteiger partial charge in [0.05, 0.1) is 0 Å². The van der Waals surface area contributed by atoms with Crippen molar-refractivity contribution in [1.82, 2.24) is 9.97 Å². The molecule has 1 fully saturated rings. The summed E-state index contributed by atoms with van der Waals surface area (Å²) in [6.45, 7) is 6.18. The minimum Gasteiger partial charge on any atom is -0.370 e. The maximum Gasteiger partial charge on any atom is 0.134 e. The molecular formula is C14H24N4S. The molecule has 5 heteroatoms. The first-order valence-electron chi connectivity index (χ1n) is 7.11. The van der Waals surface area contributed by atoms with Crippen LogP contribution >= 0.6 is 11.8 Å². The number of hydrogen-bond donors (Lipinski definition) is 2. The molecule has 106 valence electrons. The predicted octanol–water partition coefficient (Wildman–Crippen LogP) is 3.17. The van der Waals surface area contributed by atoms with Gasteiger partial charge in [-0.15, -0.1) is 0 Å². The molecule has 0 amide bonds. The highest BCUT2D eigenvalue weighted by Crippen LogP contribution is 2.47. The summed E-state index contributed by atoms with van der Waals surface area (Å²) in [6, 6.07) is 0. The Balaban J connectivity index is 2.11. The highest BCUT2D eigenvalue weighted by Gasteiger charge is 2.41. The maximum atomic E-state index is 4.43. The summed E-state index contributed by atoms with van der Waals surface area (Å²) in [4.78, 5) is 8.79. The van der Waals surface area contributed by atoms with Crippen LogP contribution in [0, 0.1) is 0 Å². The fraction of sp³-hybridized carbons (Fsp3) is 0.714. The molecule has 0 aliphatic heterocycles. The van der Waals surface area contributed by atoms with Crippen molar-refractivity contribution in [3.05, 3.63) is 11.9 Å². The normalized spacial score (nSPS) is 16.2. The molecule has 19 heavy (non-hydrogen) atoms. The minimum absolute atomic E-state index is 0.451. The zero-order chi connectivity index (χ0) is 13.7. The molecule has 0 spiro atoms. The van der Waals surface area contributed by atoms with Crippen molar-refractivity contribution in [3.63, 3.8) is 0 Å². The third-order valence-electron chi connectivity index (χ3n) is 3.61. The molecule has 0 unspecified atom stereocenters. The molecule has 1 aliphatic carbocycles. The summed E-state index contributed by atoms with van der Waals surface area (Å²) < 4.78 is 0.451. The predicted molar refractivity (Wildman–Crippen MR) is 84.2 cm³/mol. The quantitative estimate of drug-likeness (QED) is 0.766. The van der Waals surface area contributed by atoms with E-state index in [2.05, 4.69) is 40.7 Å². The van der Waals surface area contributed by atoms with Gasteiger partial charge >= 0.3 is 0 Å². The smallest absolute Gasteiger partial charge is 0.134 e. The number of anilines is 2. The Labute approximate surface area is 120 Å². The number of aromatic nitrogens is 2.